The highest BCUT2D eigenvalue weighted by Crippen LogP contribution is 2.34. The summed E-state index contributed by atoms with van der Waals surface area (Å²) in [5.74, 6) is 0.883. The SMILES string of the molecule is COc1ccccc1-c1nc(C)c(CC(=O)N(C)C2CCS(=O)(=O)C2)s1. The normalized spacial score (nSPS) is 18.7. The van der Waals surface area contributed by atoms with Gasteiger partial charge in [-0.2, -0.15) is 0 Å². The second-order valence-corrected chi connectivity index (χ2v) is 9.78. The number of methoxy groups -OCH3 is 1. The maximum Gasteiger partial charge on any atom is 0.227 e. The van der Waals surface area contributed by atoms with Gasteiger partial charge in [0.05, 0.1) is 36.3 Å². The van der Waals surface area contributed by atoms with Gasteiger partial charge in [-0.05, 0) is 25.5 Å². The van der Waals surface area contributed by atoms with Crippen molar-refractivity contribution in [3.63, 3.8) is 0 Å². The van der Waals surface area contributed by atoms with Crippen molar-refractivity contribution in [1.82, 2.24) is 9.88 Å². The number of ether oxygens (including phenoxy) is 1. The standard InChI is InChI=1S/C18H22N2O4S2/c1-12-16(10-17(21)20(2)13-8-9-26(22,23)11-13)25-18(19-12)14-6-4-5-7-15(14)24-3/h4-7,13H,8-11H2,1-3H3. The minimum Gasteiger partial charge on any atom is -0.496 e. The van der Waals surface area contributed by atoms with Gasteiger partial charge < -0.3 is 9.64 Å². The van der Waals surface area contributed by atoms with Crippen molar-refractivity contribution in [2.24, 2.45) is 0 Å². The largest absolute Gasteiger partial charge is 0.496 e. The molecule has 0 saturated carbocycles. The Morgan fingerprint density at radius 3 is 2.77 bits per heavy atom. The van der Waals surface area contributed by atoms with Crippen LogP contribution in [0.2, 0.25) is 0 Å². The minimum atomic E-state index is -3.01. The lowest BCUT2D eigenvalue weighted by atomic mass is 10.2. The lowest BCUT2D eigenvalue weighted by Gasteiger charge is -2.23. The van der Waals surface area contributed by atoms with Crippen molar-refractivity contribution < 1.29 is 17.9 Å². The van der Waals surface area contributed by atoms with E-state index in [-0.39, 0.29) is 29.9 Å². The smallest absolute Gasteiger partial charge is 0.227 e. The summed E-state index contributed by atoms with van der Waals surface area (Å²) in [7, 11) is 0.293. The maximum absolute atomic E-state index is 12.6. The van der Waals surface area contributed by atoms with Crippen LogP contribution in [0.1, 0.15) is 17.0 Å². The first-order valence-electron chi connectivity index (χ1n) is 8.36. The van der Waals surface area contributed by atoms with Crippen LogP contribution in [-0.4, -0.2) is 55.9 Å². The van der Waals surface area contributed by atoms with E-state index in [0.29, 0.717) is 6.42 Å². The minimum absolute atomic E-state index is 0.0589. The highest BCUT2D eigenvalue weighted by molar-refractivity contribution is 7.91. The molecule has 1 saturated heterocycles. The zero-order valence-corrected chi connectivity index (χ0v) is 16.7. The number of aromatic nitrogens is 1. The Balaban J connectivity index is 1.76. The molecular weight excluding hydrogens is 372 g/mol. The molecule has 2 aromatic rings. The Morgan fingerprint density at radius 2 is 2.12 bits per heavy atom. The molecule has 140 valence electrons. The molecule has 0 radical (unpaired) electrons. The van der Waals surface area contributed by atoms with Gasteiger partial charge in [0, 0.05) is 18.0 Å². The van der Waals surface area contributed by atoms with E-state index in [2.05, 4.69) is 4.98 Å². The van der Waals surface area contributed by atoms with Crippen molar-refractivity contribution in [2.75, 3.05) is 25.7 Å². The summed E-state index contributed by atoms with van der Waals surface area (Å²) in [6.07, 6.45) is 0.740. The van der Waals surface area contributed by atoms with Gasteiger partial charge in [0.25, 0.3) is 0 Å². The molecular formula is C18H22N2O4S2. The maximum atomic E-state index is 12.6. The first kappa shape index (κ1) is 18.8. The number of hydrogen-bond donors (Lipinski definition) is 0. The number of likely N-dealkylation sites (N-methyl/N-ethyl adjacent to an activating group) is 1. The topological polar surface area (TPSA) is 76.6 Å². The number of sulfone groups is 1. The summed E-state index contributed by atoms with van der Waals surface area (Å²) in [6, 6.07) is 7.42. The van der Waals surface area contributed by atoms with E-state index >= 15 is 0 Å². The lowest BCUT2D eigenvalue weighted by Crippen LogP contribution is -2.38. The summed E-state index contributed by atoms with van der Waals surface area (Å²) < 4.78 is 28.7. The van der Waals surface area contributed by atoms with Gasteiger partial charge in [0.15, 0.2) is 9.84 Å². The fourth-order valence-corrected chi connectivity index (χ4v) is 5.93. The van der Waals surface area contributed by atoms with Crippen LogP contribution in [0.25, 0.3) is 10.6 Å². The molecule has 1 unspecified atom stereocenters. The molecule has 26 heavy (non-hydrogen) atoms. The molecule has 6 nitrogen and oxygen atoms in total. The third-order valence-corrected chi connectivity index (χ3v) is 7.63. The molecule has 1 atom stereocenters. The number of carbonyl (C=O) groups is 1. The number of nitrogens with zero attached hydrogens (tertiary/aromatic N) is 2. The van der Waals surface area contributed by atoms with E-state index in [4.69, 9.17) is 4.74 Å². The number of amides is 1. The molecule has 1 fully saturated rings. The van der Waals surface area contributed by atoms with Crippen LogP contribution in [0.4, 0.5) is 0 Å². The Kier molecular flexibility index (Phi) is 5.34. The summed E-state index contributed by atoms with van der Waals surface area (Å²) in [5, 5.41) is 0.814. The number of hydrogen-bond acceptors (Lipinski definition) is 6. The summed E-state index contributed by atoms with van der Waals surface area (Å²) >= 11 is 1.47. The van der Waals surface area contributed by atoms with E-state index in [1.165, 1.54) is 11.3 Å². The van der Waals surface area contributed by atoms with Gasteiger partial charge in [-0.3, -0.25) is 4.79 Å². The first-order valence-corrected chi connectivity index (χ1v) is 11.0. The van der Waals surface area contributed by atoms with Gasteiger partial charge in [0.1, 0.15) is 10.8 Å². The van der Waals surface area contributed by atoms with Gasteiger partial charge in [-0.1, -0.05) is 12.1 Å². The average molecular weight is 395 g/mol. The Hall–Kier alpha value is -1.93. The number of para-hydroxylation sites is 1. The average Bonchev–Trinajstić information content (AvgIpc) is 3.16. The fourth-order valence-electron chi connectivity index (χ4n) is 3.08. The molecule has 1 aromatic heterocycles. The second-order valence-electron chi connectivity index (χ2n) is 6.47. The predicted octanol–water partition coefficient (Wildman–Crippen LogP) is 2.32. The zero-order valence-electron chi connectivity index (χ0n) is 15.1. The van der Waals surface area contributed by atoms with Crippen molar-refractivity contribution in [1.29, 1.82) is 0 Å². The van der Waals surface area contributed by atoms with E-state index < -0.39 is 9.84 Å². The molecule has 1 aliphatic rings. The molecule has 0 bridgehead atoms. The van der Waals surface area contributed by atoms with E-state index in [9.17, 15) is 13.2 Å². The zero-order chi connectivity index (χ0) is 18.9. The molecule has 0 aliphatic carbocycles. The highest BCUT2D eigenvalue weighted by Gasteiger charge is 2.33. The molecule has 0 N–H and O–H groups in total. The van der Waals surface area contributed by atoms with Crippen LogP contribution in [0.3, 0.4) is 0 Å². The van der Waals surface area contributed by atoms with Crippen molar-refractivity contribution in [3.05, 3.63) is 34.8 Å². The van der Waals surface area contributed by atoms with E-state index in [1.54, 1.807) is 19.1 Å². The third kappa shape index (κ3) is 3.91. The van der Waals surface area contributed by atoms with Gasteiger partial charge >= 0.3 is 0 Å². The molecule has 1 amide bonds. The van der Waals surface area contributed by atoms with Crippen LogP contribution in [0.5, 0.6) is 5.75 Å². The summed E-state index contributed by atoms with van der Waals surface area (Å²) in [6.45, 7) is 1.89. The van der Waals surface area contributed by atoms with Crippen LogP contribution in [0, 0.1) is 6.92 Å². The van der Waals surface area contributed by atoms with E-state index in [0.717, 1.165) is 26.9 Å². The molecule has 8 heteroatoms. The van der Waals surface area contributed by atoms with Crippen LogP contribution in [0.15, 0.2) is 24.3 Å². The third-order valence-electron chi connectivity index (χ3n) is 4.69. The Bertz CT molecular complexity index is 921. The van der Waals surface area contributed by atoms with Crippen LogP contribution >= 0.6 is 11.3 Å². The molecule has 2 heterocycles. The van der Waals surface area contributed by atoms with Gasteiger partial charge in [0.2, 0.25) is 5.91 Å². The number of benzene rings is 1. The monoisotopic (exact) mass is 394 g/mol. The summed E-state index contributed by atoms with van der Waals surface area (Å²) in [4.78, 5) is 19.7. The van der Waals surface area contributed by atoms with Crippen molar-refractivity contribution in [2.45, 2.75) is 25.8 Å². The molecule has 3 rings (SSSR count). The van der Waals surface area contributed by atoms with Crippen molar-refractivity contribution >= 4 is 27.1 Å². The Labute approximate surface area is 157 Å². The Morgan fingerprint density at radius 1 is 1.38 bits per heavy atom. The van der Waals surface area contributed by atoms with Crippen LogP contribution < -0.4 is 4.74 Å². The van der Waals surface area contributed by atoms with Gasteiger partial charge in [-0.25, -0.2) is 13.4 Å². The van der Waals surface area contributed by atoms with Crippen molar-refractivity contribution in [3.8, 4) is 16.3 Å². The molecule has 1 aromatic carbocycles. The highest BCUT2D eigenvalue weighted by atomic mass is 32.2. The molecule has 0 spiro atoms. The lowest BCUT2D eigenvalue weighted by molar-refractivity contribution is -0.130. The number of rotatable bonds is 5. The predicted molar refractivity (Wildman–Crippen MR) is 102 cm³/mol. The van der Waals surface area contributed by atoms with E-state index in [1.807, 2.05) is 31.2 Å². The number of aryl methyl sites for hydroxylation is 1. The van der Waals surface area contributed by atoms with Gasteiger partial charge in [-0.15, -0.1) is 11.3 Å². The molecule has 1 aliphatic heterocycles. The number of carbonyl (C=O) groups excluding carboxylic acids is 1. The fraction of sp³-hybridized carbons (Fsp3) is 0.444. The number of thiazole rings is 1. The summed E-state index contributed by atoms with van der Waals surface area (Å²) in [5.41, 5.74) is 1.72. The first-order chi connectivity index (χ1) is 12.3. The van der Waals surface area contributed by atoms with Crippen LogP contribution in [-0.2, 0) is 21.1 Å². The second kappa shape index (κ2) is 7.36. The quantitative estimate of drug-likeness (QED) is 0.778.